The number of carbonyl (C=O) groups excluding carboxylic acids is 1. The van der Waals surface area contributed by atoms with Gasteiger partial charge in [-0.25, -0.2) is 9.78 Å². The van der Waals surface area contributed by atoms with Crippen molar-refractivity contribution in [1.29, 1.82) is 0 Å². The number of aryl methyl sites for hydroxylation is 1. The Labute approximate surface area is 158 Å². The summed E-state index contributed by atoms with van der Waals surface area (Å²) < 4.78 is 0. The van der Waals surface area contributed by atoms with Gasteiger partial charge < -0.3 is 5.11 Å². The molecule has 0 fully saturated rings. The number of ketones is 1. The minimum atomic E-state index is -1.42. The van der Waals surface area contributed by atoms with Gasteiger partial charge in [0, 0.05) is 5.56 Å². The third-order valence-electron chi connectivity index (χ3n) is 4.16. The highest BCUT2D eigenvalue weighted by Crippen LogP contribution is 2.34. The van der Waals surface area contributed by atoms with Gasteiger partial charge >= 0.3 is 0 Å². The van der Waals surface area contributed by atoms with Crippen LogP contribution in [0.5, 0.6) is 0 Å². The lowest BCUT2D eigenvalue weighted by molar-refractivity contribution is -0.408. The molecule has 0 amide bonds. The first-order valence-corrected chi connectivity index (χ1v) is 9.20. The molecule has 0 unspecified atom stereocenters. The van der Waals surface area contributed by atoms with Crippen LogP contribution in [0, 0.1) is 12.3 Å². The molecule has 0 atom stereocenters. The van der Waals surface area contributed by atoms with E-state index in [4.69, 9.17) is 9.78 Å². The van der Waals surface area contributed by atoms with Gasteiger partial charge in [-0.15, -0.1) is 0 Å². The second-order valence-corrected chi connectivity index (χ2v) is 10.1. The Kier molecular flexibility index (Phi) is 6.50. The quantitative estimate of drug-likeness (QED) is 0.403. The normalized spacial score (nSPS) is 13.8. The molecule has 0 aliphatic rings. The first-order valence-electron chi connectivity index (χ1n) is 9.20. The second kappa shape index (κ2) is 7.41. The topological polar surface area (TPSA) is 55.8 Å². The summed E-state index contributed by atoms with van der Waals surface area (Å²) in [5.74, 6) is -0.304. The fraction of sp³-hybridized carbons (Fsp3) is 0.682. The second-order valence-electron chi connectivity index (χ2n) is 10.1. The van der Waals surface area contributed by atoms with Crippen molar-refractivity contribution < 1.29 is 19.7 Å². The highest BCUT2D eigenvalue weighted by Gasteiger charge is 2.33. The average Bonchev–Trinajstić information content (AvgIpc) is 2.41. The number of hydrogen-bond acceptors (Lipinski definition) is 4. The lowest BCUT2D eigenvalue weighted by atomic mass is 9.84. The maximum Gasteiger partial charge on any atom is 0.194 e. The summed E-state index contributed by atoms with van der Waals surface area (Å²) in [5, 5.41) is 10.1. The summed E-state index contributed by atoms with van der Waals surface area (Å²) in [6.45, 7) is 19.2. The summed E-state index contributed by atoms with van der Waals surface area (Å²) in [5.41, 5.74) is -0.329. The molecule has 0 aliphatic carbocycles. The predicted octanol–water partition coefficient (Wildman–Crippen LogP) is 5.35. The van der Waals surface area contributed by atoms with Crippen molar-refractivity contribution in [1.82, 2.24) is 0 Å². The van der Waals surface area contributed by atoms with E-state index in [9.17, 15) is 9.90 Å². The van der Waals surface area contributed by atoms with Gasteiger partial charge in [-0.2, -0.15) is 0 Å². The van der Waals surface area contributed by atoms with E-state index in [1.54, 1.807) is 6.07 Å². The van der Waals surface area contributed by atoms with Crippen molar-refractivity contribution in [3.63, 3.8) is 0 Å². The Hall–Kier alpha value is -1.23. The van der Waals surface area contributed by atoms with Gasteiger partial charge in [-0.1, -0.05) is 32.9 Å². The van der Waals surface area contributed by atoms with Crippen molar-refractivity contribution in [2.75, 3.05) is 0 Å². The van der Waals surface area contributed by atoms with Crippen LogP contribution < -0.4 is 0 Å². The molecule has 0 aromatic heterocycles. The van der Waals surface area contributed by atoms with Gasteiger partial charge in [0.05, 0.1) is 5.60 Å². The van der Waals surface area contributed by atoms with Gasteiger partial charge in [0.2, 0.25) is 0 Å². The van der Waals surface area contributed by atoms with Crippen molar-refractivity contribution in [2.45, 2.75) is 92.5 Å². The molecule has 1 N–H and O–H groups in total. The van der Waals surface area contributed by atoms with Crippen LogP contribution in [0.3, 0.4) is 0 Å². The first kappa shape index (κ1) is 22.8. The molecule has 0 spiro atoms. The third kappa shape index (κ3) is 6.49. The van der Waals surface area contributed by atoms with Crippen LogP contribution in [0.1, 0.15) is 90.2 Å². The molecule has 1 rings (SSSR count). The lowest BCUT2D eigenvalue weighted by Gasteiger charge is -2.35. The van der Waals surface area contributed by atoms with Gasteiger partial charge in [0.15, 0.2) is 5.78 Å². The standard InChI is InChI=1S/C22H36O4/c1-15-11-12-16(13-17(15)18(23)21(7,8)24)22(9,10)26-25-20(5,6)14-19(2,3)4/h11-13,24H,14H2,1-10H3. The predicted molar refractivity (Wildman–Crippen MR) is 105 cm³/mol. The minimum Gasteiger partial charge on any atom is -0.382 e. The van der Waals surface area contributed by atoms with E-state index in [1.165, 1.54) is 13.8 Å². The van der Waals surface area contributed by atoms with E-state index >= 15 is 0 Å². The number of benzene rings is 1. The van der Waals surface area contributed by atoms with Crippen LogP contribution in [0.4, 0.5) is 0 Å². The van der Waals surface area contributed by atoms with Crippen LogP contribution in [0.25, 0.3) is 0 Å². The molecule has 148 valence electrons. The Morgan fingerprint density at radius 1 is 0.962 bits per heavy atom. The molecular weight excluding hydrogens is 328 g/mol. The summed E-state index contributed by atoms with van der Waals surface area (Å²) >= 11 is 0. The molecule has 1 aromatic carbocycles. The molecule has 4 heteroatoms. The first-order chi connectivity index (χ1) is 11.4. The molecular formula is C22H36O4. The fourth-order valence-corrected chi connectivity index (χ4v) is 3.14. The number of aliphatic hydroxyl groups is 1. The van der Waals surface area contributed by atoms with Gasteiger partial charge in [-0.05, 0) is 77.5 Å². The van der Waals surface area contributed by atoms with Gasteiger partial charge in [0.25, 0.3) is 0 Å². The molecule has 0 saturated carbocycles. The van der Waals surface area contributed by atoms with Gasteiger partial charge in [-0.3, -0.25) is 4.79 Å². The summed E-state index contributed by atoms with van der Waals surface area (Å²) in [4.78, 5) is 24.1. The van der Waals surface area contributed by atoms with Crippen molar-refractivity contribution in [3.8, 4) is 0 Å². The lowest BCUT2D eigenvalue weighted by Crippen LogP contribution is -2.35. The van der Waals surface area contributed by atoms with Crippen LogP contribution in [-0.2, 0) is 15.4 Å². The van der Waals surface area contributed by atoms with Crippen molar-refractivity contribution in [3.05, 3.63) is 34.9 Å². The molecule has 0 heterocycles. The van der Waals surface area contributed by atoms with E-state index < -0.39 is 16.8 Å². The largest absolute Gasteiger partial charge is 0.382 e. The Morgan fingerprint density at radius 3 is 1.96 bits per heavy atom. The zero-order valence-electron chi connectivity index (χ0n) is 18.1. The zero-order chi connectivity index (χ0) is 20.6. The summed E-state index contributed by atoms with van der Waals surface area (Å²) in [7, 11) is 0. The maximum absolute atomic E-state index is 12.5. The Balaban J connectivity index is 3.05. The van der Waals surface area contributed by atoms with Crippen LogP contribution >= 0.6 is 0 Å². The summed E-state index contributed by atoms with van der Waals surface area (Å²) in [6, 6.07) is 5.59. The highest BCUT2D eigenvalue weighted by atomic mass is 17.2. The number of hydrogen-bond donors (Lipinski definition) is 1. The van der Waals surface area contributed by atoms with Gasteiger partial charge in [0.1, 0.15) is 11.2 Å². The van der Waals surface area contributed by atoms with E-state index in [2.05, 4.69) is 20.8 Å². The van der Waals surface area contributed by atoms with Crippen LogP contribution in [0.2, 0.25) is 0 Å². The SMILES string of the molecule is Cc1ccc(C(C)(C)OOC(C)(C)CC(C)(C)C)cc1C(=O)C(C)(C)O. The van der Waals surface area contributed by atoms with E-state index in [1.807, 2.05) is 46.8 Å². The fourth-order valence-electron chi connectivity index (χ4n) is 3.14. The molecule has 4 nitrogen and oxygen atoms in total. The number of rotatable bonds is 7. The number of Topliss-reactive ketones (excluding diaryl/α,β-unsaturated/α-hetero) is 1. The molecule has 0 bridgehead atoms. The molecule has 0 radical (unpaired) electrons. The highest BCUT2D eigenvalue weighted by molar-refractivity contribution is 6.03. The van der Waals surface area contributed by atoms with Crippen molar-refractivity contribution in [2.24, 2.45) is 5.41 Å². The van der Waals surface area contributed by atoms with Crippen LogP contribution in [0.15, 0.2) is 18.2 Å². The van der Waals surface area contributed by atoms with E-state index in [-0.39, 0.29) is 11.2 Å². The monoisotopic (exact) mass is 364 g/mol. The molecule has 0 saturated heterocycles. The van der Waals surface area contributed by atoms with Crippen molar-refractivity contribution >= 4 is 5.78 Å². The molecule has 1 aromatic rings. The van der Waals surface area contributed by atoms with E-state index in [0.29, 0.717) is 5.56 Å². The molecule has 0 aliphatic heterocycles. The molecule has 26 heavy (non-hydrogen) atoms. The minimum absolute atomic E-state index is 0.118. The average molecular weight is 365 g/mol. The Morgan fingerprint density at radius 2 is 1.50 bits per heavy atom. The smallest absolute Gasteiger partial charge is 0.194 e. The Bertz CT molecular complexity index is 643. The third-order valence-corrected chi connectivity index (χ3v) is 4.16. The summed E-state index contributed by atoms with van der Waals surface area (Å²) in [6.07, 6.45) is 0.840. The van der Waals surface area contributed by atoms with E-state index in [0.717, 1.165) is 17.5 Å². The number of carbonyl (C=O) groups is 1. The maximum atomic E-state index is 12.5. The van der Waals surface area contributed by atoms with Crippen LogP contribution in [-0.4, -0.2) is 22.1 Å². The zero-order valence-corrected chi connectivity index (χ0v) is 18.1.